The van der Waals surface area contributed by atoms with E-state index in [4.69, 9.17) is 4.74 Å². The van der Waals surface area contributed by atoms with Crippen LogP contribution in [0.4, 0.5) is 0 Å². The van der Waals surface area contributed by atoms with Gasteiger partial charge < -0.3 is 14.5 Å². The molecular formula is C22H32N2O3. The second kappa shape index (κ2) is 8.87. The standard InChI is InChI=1S/C22H32N2O3/c1-16(2)18-8-7-17(3)19(14-18)15-21(25)23-9-5-10-24(12-11-23)22(26)20-6-4-13-27-20/h7-8,14,16,20H,4-6,9-13,15H2,1-3H3. The lowest BCUT2D eigenvalue weighted by Gasteiger charge is -2.24. The van der Waals surface area contributed by atoms with E-state index in [0.29, 0.717) is 38.6 Å². The van der Waals surface area contributed by atoms with E-state index >= 15 is 0 Å². The summed E-state index contributed by atoms with van der Waals surface area (Å²) in [6.07, 6.45) is 2.78. The van der Waals surface area contributed by atoms with Crippen LogP contribution in [-0.4, -0.2) is 60.5 Å². The van der Waals surface area contributed by atoms with Gasteiger partial charge in [-0.1, -0.05) is 32.0 Å². The molecule has 0 saturated carbocycles. The van der Waals surface area contributed by atoms with Crippen LogP contribution in [0.1, 0.15) is 55.7 Å². The van der Waals surface area contributed by atoms with E-state index in [-0.39, 0.29) is 17.9 Å². The van der Waals surface area contributed by atoms with Crippen molar-refractivity contribution in [1.29, 1.82) is 0 Å². The summed E-state index contributed by atoms with van der Waals surface area (Å²) in [5.41, 5.74) is 3.55. The molecule has 5 nitrogen and oxygen atoms in total. The predicted molar refractivity (Wildman–Crippen MR) is 106 cm³/mol. The molecule has 3 rings (SSSR count). The lowest BCUT2D eigenvalue weighted by Crippen LogP contribution is -2.42. The van der Waals surface area contributed by atoms with E-state index in [1.807, 2.05) is 9.80 Å². The molecule has 0 aliphatic carbocycles. The van der Waals surface area contributed by atoms with E-state index in [2.05, 4.69) is 39.0 Å². The molecule has 2 heterocycles. The first-order valence-corrected chi connectivity index (χ1v) is 10.2. The summed E-state index contributed by atoms with van der Waals surface area (Å²) in [5.74, 6) is 0.711. The van der Waals surface area contributed by atoms with Crippen LogP contribution in [0.15, 0.2) is 18.2 Å². The molecule has 1 aromatic carbocycles. The molecule has 0 bridgehead atoms. The molecule has 27 heavy (non-hydrogen) atoms. The molecular weight excluding hydrogens is 340 g/mol. The van der Waals surface area contributed by atoms with Gasteiger partial charge in [0.05, 0.1) is 6.42 Å². The lowest BCUT2D eigenvalue weighted by atomic mass is 9.96. The maximum Gasteiger partial charge on any atom is 0.251 e. The number of nitrogens with zero attached hydrogens (tertiary/aromatic N) is 2. The molecule has 1 atom stereocenters. The van der Waals surface area contributed by atoms with E-state index < -0.39 is 0 Å². The number of carbonyl (C=O) groups is 2. The molecule has 2 amide bonds. The summed E-state index contributed by atoms with van der Waals surface area (Å²) in [7, 11) is 0. The van der Waals surface area contributed by atoms with Crippen molar-refractivity contribution < 1.29 is 14.3 Å². The predicted octanol–water partition coefficient (Wildman–Crippen LogP) is 2.90. The highest BCUT2D eigenvalue weighted by molar-refractivity contribution is 5.82. The fourth-order valence-corrected chi connectivity index (χ4v) is 3.88. The second-order valence-electron chi connectivity index (χ2n) is 8.08. The highest BCUT2D eigenvalue weighted by Crippen LogP contribution is 2.20. The van der Waals surface area contributed by atoms with Crippen LogP contribution in [0.5, 0.6) is 0 Å². The van der Waals surface area contributed by atoms with Gasteiger partial charge in [0.2, 0.25) is 5.91 Å². The van der Waals surface area contributed by atoms with E-state index in [0.717, 1.165) is 36.9 Å². The van der Waals surface area contributed by atoms with Crippen molar-refractivity contribution in [1.82, 2.24) is 9.80 Å². The molecule has 1 aromatic rings. The van der Waals surface area contributed by atoms with Gasteiger partial charge in [0.15, 0.2) is 0 Å². The topological polar surface area (TPSA) is 49.9 Å². The minimum Gasteiger partial charge on any atom is -0.368 e. The van der Waals surface area contributed by atoms with E-state index in [1.54, 1.807) is 0 Å². The van der Waals surface area contributed by atoms with Crippen molar-refractivity contribution in [3.63, 3.8) is 0 Å². The molecule has 1 unspecified atom stereocenters. The highest BCUT2D eigenvalue weighted by atomic mass is 16.5. The number of benzene rings is 1. The highest BCUT2D eigenvalue weighted by Gasteiger charge is 2.30. The zero-order valence-electron chi connectivity index (χ0n) is 16.9. The fourth-order valence-electron chi connectivity index (χ4n) is 3.88. The monoisotopic (exact) mass is 372 g/mol. The molecule has 148 valence electrons. The third-order valence-electron chi connectivity index (χ3n) is 5.75. The average molecular weight is 373 g/mol. The SMILES string of the molecule is Cc1ccc(C(C)C)cc1CC(=O)N1CCCN(C(=O)C2CCCO2)CC1. The van der Waals surface area contributed by atoms with Crippen LogP contribution in [0, 0.1) is 6.92 Å². The van der Waals surface area contributed by atoms with Crippen LogP contribution in [0.25, 0.3) is 0 Å². The smallest absolute Gasteiger partial charge is 0.251 e. The minimum absolute atomic E-state index is 0.0993. The number of hydrogen-bond donors (Lipinski definition) is 0. The van der Waals surface area contributed by atoms with Crippen LogP contribution in [-0.2, 0) is 20.7 Å². The van der Waals surface area contributed by atoms with Gasteiger partial charge in [-0.25, -0.2) is 0 Å². The summed E-state index contributed by atoms with van der Waals surface area (Å²) in [5, 5.41) is 0. The molecule has 0 N–H and O–H groups in total. The third-order valence-corrected chi connectivity index (χ3v) is 5.75. The van der Waals surface area contributed by atoms with Crippen molar-refractivity contribution in [2.75, 3.05) is 32.8 Å². The maximum atomic E-state index is 12.9. The zero-order valence-corrected chi connectivity index (χ0v) is 16.9. The zero-order chi connectivity index (χ0) is 19.4. The van der Waals surface area contributed by atoms with Gasteiger partial charge in [-0.2, -0.15) is 0 Å². The Kier molecular flexibility index (Phi) is 6.53. The molecule has 0 aromatic heterocycles. The first kappa shape index (κ1) is 19.9. The fraction of sp³-hybridized carbons (Fsp3) is 0.636. The molecule has 0 spiro atoms. The number of hydrogen-bond acceptors (Lipinski definition) is 3. The Morgan fingerprint density at radius 2 is 1.85 bits per heavy atom. The molecule has 0 radical (unpaired) electrons. The summed E-state index contributed by atoms with van der Waals surface area (Å²) >= 11 is 0. The number of amides is 2. The molecule has 2 fully saturated rings. The van der Waals surface area contributed by atoms with Gasteiger partial charge in [0.1, 0.15) is 6.10 Å². The van der Waals surface area contributed by atoms with Crippen molar-refractivity contribution in [2.24, 2.45) is 0 Å². The van der Waals surface area contributed by atoms with Crippen LogP contribution in [0.3, 0.4) is 0 Å². The Hall–Kier alpha value is -1.88. The summed E-state index contributed by atoms with van der Waals surface area (Å²) in [6.45, 7) is 9.74. The van der Waals surface area contributed by atoms with Crippen LogP contribution in [0.2, 0.25) is 0 Å². The Labute approximate surface area is 162 Å². The number of ether oxygens (including phenoxy) is 1. The Morgan fingerprint density at radius 1 is 1.11 bits per heavy atom. The van der Waals surface area contributed by atoms with Crippen molar-refractivity contribution in [2.45, 2.75) is 58.5 Å². The van der Waals surface area contributed by atoms with E-state index in [1.165, 1.54) is 5.56 Å². The van der Waals surface area contributed by atoms with Gasteiger partial charge >= 0.3 is 0 Å². The van der Waals surface area contributed by atoms with Crippen molar-refractivity contribution in [3.05, 3.63) is 34.9 Å². The average Bonchev–Trinajstić information content (AvgIpc) is 3.07. The van der Waals surface area contributed by atoms with Gasteiger partial charge in [0, 0.05) is 32.8 Å². The van der Waals surface area contributed by atoms with Gasteiger partial charge in [-0.05, 0) is 48.8 Å². The number of carbonyl (C=O) groups excluding carboxylic acids is 2. The number of rotatable bonds is 4. The lowest BCUT2D eigenvalue weighted by molar-refractivity contribution is -0.141. The van der Waals surface area contributed by atoms with Crippen LogP contribution >= 0.6 is 0 Å². The van der Waals surface area contributed by atoms with E-state index in [9.17, 15) is 9.59 Å². The summed E-state index contributed by atoms with van der Waals surface area (Å²) < 4.78 is 5.53. The first-order chi connectivity index (χ1) is 13.0. The number of aryl methyl sites for hydroxylation is 1. The quantitative estimate of drug-likeness (QED) is 0.817. The van der Waals surface area contributed by atoms with Crippen molar-refractivity contribution >= 4 is 11.8 Å². The Balaban J connectivity index is 1.59. The van der Waals surface area contributed by atoms with Gasteiger partial charge in [-0.15, -0.1) is 0 Å². The summed E-state index contributed by atoms with van der Waals surface area (Å²) in [6, 6.07) is 6.43. The first-order valence-electron chi connectivity index (χ1n) is 10.2. The van der Waals surface area contributed by atoms with Gasteiger partial charge in [0.25, 0.3) is 5.91 Å². The normalized spacial score (nSPS) is 20.8. The molecule has 2 saturated heterocycles. The molecule has 2 aliphatic heterocycles. The minimum atomic E-state index is -0.270. The third kappa shape index (κ3) is 4.89. The van der Waals surface area contributed by atoms with Crippen LogP contribution < -0.4 is 0 Å². The Bertz CT molecular complexity index is 680. The summed E-state index contributed by atoms with van der Waals surface area (Å²) in [4.78, 5) is 29.3. The second-order valence-corrected chi connectivity index (χ2v) is 8.08. The molecule has 5 heteroatoms. The molecule has 2 aliphatic rings. The van der Waals surface area contributed by atoms with Gasteiger partial charge in [-0.3, -0.25) is 9.59 Å². The Morgan fingerprint density at radius 3 is 2.56 bits per heavy atom. The maximum absolute atomic E-state index is 12.9. The largest absolute Gasteiger partial charge is 0.368 e. The van der Waals surface area contributed by atoms with Crippen molar-refractivity contribution in [3.8, 4) is 0 Å².